The molecule has 260 valence electrons. The van der Waals surface area contributed by atoms with E-state index in [2.05, 4.69) is 56.5 Å². The van der Waals surface area contributed by atoms with Crippen molar-refractivity contribution in [3.05, 3.63) is 33.4 Å². The number of carboxylic acids is 1. The number of nitrogens with two attached hydrogens (primary N) is 1. The SMILES string of the molecule is CC(=O)Nc1nc2c(ncn2CC[C@H](NC(=O)CNC(=O)[C@@H](N)CCn2cnc3c(=O)[nH]c(NC(C)=O)nc32)C(=O)NCC(=O)O)c(=O)[nH]1. The van der Waals surface area contributed by atoms with Crippen LogP contribution in [0.3, 0.4) is 0 Å². The van der Waals surface area contributed by atoms with Crippen molar-refractivity contribution in [1.29, 1.82) is 0 Å². The first kappa shape index (κ1) is 35.3. The first-order valence-electron chi connectivity index (χ1n) is 14.5. The number of anilines is 2. The van der Waals surface area contributed by atoms with E-state index in [1.165, 1.54) is 35.6 Å². The summed E-state index contributed by atoms with van der Waals surface area (Å²) < 4.78 is 2.86. The summed E-state index contributed by atoms with van der Waals surface area (Å²) in [6.07, 6.45) is 2.49. The Hall–Kier alpha value is -6.52. The molecule has 49 heavy (non-hydrogen) atoms. The summed E-state index contributed by atoms with van der Waals surface area (Å²) in [5.74, 6) is -4.84. The van der Waals surface area contributed by atoms with Crippen molar-refractivity contribution < 1.29 is 33.9 Å². The van der Waals surface area contributed by atoms with Crippen LogP contribution in [-0.4, -0.2) is 105 Å². The highest BCUT2D eigenvalue weighted by atomic mass is 16.4. The molecule has 0 spiro atoms. The average molecular weight is 685 g/mol. The second-order valence-corrected chi connectivity index (χ2v) is 10.5. The van der Waals surface area contributed by atoms with Crippen molar-refractivity contribution in [2.45, 2.75) is 51.9 Å². The number of rotatable bonds is 15. The van der Waals surface area contributed by atoms with Crippen LogP contribution in [0.5, 0.6) is 0 Å². The molecule has 0 aliphatic carbocycles. The third kappa shape index (κ3) is 9.28. The number of fused-ring (bicyclic) bond motifs is 2. The lowest BCUT2D eigenvalue weighted by molar-refractivity contribution is -0.138. The van der Waals surface area contributed by atoms with Crippen LogP contribution in [0.4, 0.5) is 11.9 Å². The zero-order valence-electron chi connectivity index (χ0n) is 26.0. The molecule has 0 fully saturated rings. The van der Waals surface area contributed by atoms with Gasteiger partial charge in [0, 0.05) is 26.9 Å². The lowest BCUT2D eigenvalue weighted by atomic mass is 10.1. The summed E-state index contributed by atoms with van der Waals surface area (Å²) >= 11 is 0. The predicted octanol–water partition coefficient (Wildman–Crippen LogP) is -3.92. The first-order valence-corrected chi connectivity index (χ1v) is 14.5. The Kier molecular flexibility index (Phi) is 11.1. The standard InChI is InChI=1S/C26H32N14O9/c1-11(41)32-25-35-19-17(23(48)37-25)30-9-39(19)5-3-13(27)21(46)28-7-15(43)34-14(22(47)29-8-16(44)45)4-6-40-10-31-18-20(40)36-26(33-12(2)42)38-24(18)49/h9-10,13-14H,3-8,27H2,1-2H3,(H,28,46)(H,29,47)(H,34,43)(H,44,45)(H2,32,35,37,41,48)(H2,33,36,38,42,49)/t13-,14-/m0/s1. The number of carboxylic acid groups (broad SMARTS) is 1. The van der Waals surface area contributed by atoms with Crippen molar-refractivity contribution in [3.8, 4) is 0 Å². The van der Waals surface area contributed by atoms with Crippen molar-refractivity contribution in [3.63, 3.8) is 0 Å². The highest BCUT2D eigenvalue weighted by Gasteiger charge is 2.23. The van der Waals surface area contributed by atoms with Gasteiger partial charge in [0.1, 0.15) is 12.6 Å². The molecule has 0 aliphatic heterocycles. The molecule has 0 unspecified atom stereocenters. The number of aliphatic carboxylic acids is 1. The second kappa shape index (κ2) is 15.4. The van der Waals surface area contributed by atoms with E-state index in [9.17, 15) is 38.4 Å². The van der Waals surface area contributed by atoms with E-state index in [-0.39, 0.29) is 60.2 Å². The Morgan fingerprint density at radius 3 is 1.78 bits per heavy atom. The van der Waals surface area contributed by atoms with Gasteiger partial charge in [-0.25, -0.2) is 9.97 Å². The van der Waals surface area contributed by atoms with Crippen LogP contribution in [-0.2, 0) is 41.9 Å². The molecule has 23 nitrogen and oxygen atoms in total. The van der Waals surface area contributed by atoms with Crippen LogP contribution in [0, 0.1) is 0 Å². The minimum atomic E-state index is -1.33. The summed E-state index contributed by atoms with van der Waals surface area (Å²) in [7, 11) is 0. The highest BCUT2D eigenvalue weighted by molar-refractivity contribution is 5.92. The van der Waals surface area contributed by atoms with Crippen LogP contribution in [0.25, 0.3) is 22.3 Å². The molecule has 0 aromatic carbocycles. The maximum Gasteiger partial charge on any atom is 0.322 e. The molecule has 10 N–H and O–H groups in total. The zero-order valence-corrected chi connectivity index (χ0v) is 26.0. The second-order valence-electron chi connectivity index (χ2n) is 10.5. The monoisotopic (exact) mass is 684 g/mol. The van der Waals surface area contributed by atoms with Gasteiger partial charge in [0.25, 0.3) is 11.1 Å². The van der Waals surface area contributed by atoms with Gasteiger partial charge < -0.3 is 35.9 Å². The van der Waals surface area contributed by atoms with Crippen molar-refractivity contribution in [2.75, 3.05) is 23.7 Å². The van der Waals surface area contributed by atoms with Crippen LogP contribution in [0.2, 0.25) is 0 Å². The maximum atomic E-state index is 12.8. The van der Waals surface area contributed by atoms with Gasteiger partial charge in [0.2, 0.25) is 41.4 Å². The van der Waals surface area contributed by atoms with Gasteiger partial charge >= 0.3 is 5.97 Å². The molecule has 0 radical (unpaired) electrons. The van der Waals surface area contributed by atoms with E-state index in [0.29, 0.717) is 0 Å². The summed E-state index contributed by atoms with van der Waals surface area (Å²) in [6.45, 7) is 1.20. The number of carbonyl (C=O) groups excluding carboxylic acids is 5. The normalized spacial score (nSPS) is 12.2. The zero-order chi connectivity index (χ0) is 35.8. The topological polar surface area (TPSA) is 336 Å². The minimum Gasteiger partial charge on any atom is -0.480 e. The fraction of sp³-hybridized carbons (Fsp3) is 0.385. The summed E-state index contributed by atoms with van der Waals surface area (Å²) in [5, 5.41) is 20.7. The molecule has 4 rings (SSSR count). The van der Waals surface area contributed by atoms with Gasteiger partial charge in [-0.3, -0.25) is 59.0 Å². The Morgan fingerprint density at radius 1 is 0.796 bits per heavy atom. The number of nitrogens with zero attached hydrogens (tertiary/aromatic N) is 6. The molecule has 5 amide bonds. The molecule has 2 atom stereocenters. The van der Waals surface area contributed by atoms with Crippen LogP contribution < -0.4 is 43.4 Å². The molecule has 0 bridgehead atoms. The summed E-state index contributed by atoms with van der Waals surface area (Å²) in [6, 6.07) is -2.41. The number of carbonyl (C=O) groups is 6. The number of imidazole rings is 2. The van der Waals surface area contributed by atoms with Gasteiger partial charge in [-0.05, 0) is 12.8 Å². The van der Waals surface area contributed by atoms with Gasteiger partial charge in [-0.15, -0.1) is 0 Å². The van der Waals surface area contributed by atoms with Gasteiger partial charge in [-0.2, -0.15) is 9.97 Å². The number of hydrogen-bond donors (Lipinski definition) is 9. The molecule has 4 heterocycles. The molecular weight excluding hydrogens is 652 g/mol. The molecule has 23 heteroatoms. The minimum absolute atomic E-state index is 0.00614. The third-order valence-electron chi connectivity index (χ3n) is 6.70. The van der Waals surface area contributed by atoms with E-state index in [1.807, 2.05) is 0 Å². The molecule has 0 saturated carbocycles. The third-order valence-corrected chi connectivity index (χ3v) is 6.70. The van der Waals surface area contributed by atoms with Crippen molar-refractivity contribution >= 4 is 69.7 Å². The van der Waals surface area contributed by atoms with E-state index in [0.717, 1.165) is 0 Å². The van der Waals surface area contributed by atoms with Crippen LogP contribution in [0.1, 0.15) is 26.7 Å². The molecule has 0 aliphatic rings. The van der Waals surface area contributed by atoms with Gasteiger partial charge in [0.05, 0.1) is 25.2 Å². The van der Waals surface area contributed by atoms with Gasteiger partial charge in [-0.1, -0.05) is 0 Å². The smallest absolute Gasteiger partial charge is 0.322 e. The van der Waals surface area contributed by atoms with Crippen molar-refractivity contribution in [1.82, 2.24) is 55.0 Å². The van der Waals surface area contributed by atoms with Crippen molar-refractivity contribution in [2.24, 2.45) is 5.73 Å². The Morgan fingerprint density at radius 2 is 1.29 bits per heavy atom. The number of amides is 5. The average Bonchev–Trinajstić information content (AvgIpc) is 3.63. The number of aryl methyl sites for hydroxylation is 2. The quantitative estimate of drug-likeness (QED) is 0.0578. The summed E-state index contributed by atoms with van der Waals surface area (Å²) in [5.41, 5.74) is 4.95. The van der Waals surface area contributed by atoms with Crippen LogP contribution in [0.15, 0.2) is 22.2 Å². The van der Waals surface area contributed by atoms with E-state index in [1.54, 1.807) is 0 Å². The Bertz CT molecular complexity index is 2050. The maximum absolute atomic E-state index is 12.8. The Balaban J connectivity index is 1.36. The molecular formula is C26H32N14O9. The van der Waals surface area contributed by atoms with Gasteiger partial charge in [0.15, 0.2) is 22.3 Å². The van der Waals surface area contributed by atoms with E-state index >= 15 is 0 Å². The van der Waals surface area contributed by atoms with E-state index < -0.39 is 71.8 Å². The molecule has 0 saturated heterocycles. The number of nitrogens with one attached hydrogen (secondary N) is 7. The lowest BCUT2D eigenvalue weighted by Gasteiger charge is -2.19. The van der Waals surface area contributed by atoms with E-state index in [4.69, 9.17) is 10.8 Å². The largest absolute Gasteiger partial charge is 0.480 e. The fourth-order valence-electron chi connectivity index (χ4n) is 4.46. The Labute approximate surface area is 273 Å². The first-order chi connectivity index (χ1) is 23.2. The number of aromatic nitrogens is 8. The fourth-order valence-corrected chi connectivity index (χ4v) is 4.46. The molecule has 4 aromatic heterocycles. The summed E-state index contributed by atoms with van der Waals surface area (Å²) in [4.78, 5) is 118. The predicted molar refractivity (Wildman–Crippen MR) is 168 cm³/mol. The number of hydrogen-bond acceptors (Lipinski definition) is 13. The van der Waals surface area contributed by atoms with Crippen LogP contribution >= 0.6 is 0 Å². The lowest BCUT2D eigenvalue weighted by Crippen LogP contribution is -2.51. The number of aromatic amines is 2. The molecule has 4 aromatic rings. The highest BCUT2D eigenvalue weighted by Crippen LogP contribution is 2.11. The number of H-pyrrole nitrogens is 2.